The average Bonchev–Trinajstić information content (AvgIpc) is 3.39. The summed E-state index contributed by atoms with van der Waals surface area (Å²) in [6.07, 6.45) is 5.33. The molecule has 0 aromatic carbocycles. The van der Waals surface area contributed by atoms with Gasteiger partial charge >= 0.3 is 5.69 Å². The maximum absolute atomic E-state index is 11.8. The SMILES string of the molecule is CCCNC(C#N)(CSc1n[nH]c(=O)n1C1CC1)C1CC1. The predicted octanol–water partition coefficient (Wildman–Crippen LogP) is 1.67. The second kappa shape index (κ2) is 5.85. The van der Waals surface area contributed by atoms with Crippen LogP contribution in [0.15, 0.2) is 9.95 Å². The Morgan fingerprint density at radius 1 is 1.52 bits per heavy atom. The Morgan fingerprint density at radius 2 is 2.29 bits per heavy atom. The van der Waals surface area contributed by atoms with Gasteiger partial charge in [-0.1, -0.05) is 18.7 Å². The van der Waals surface area contributed by atoms with Crippen LogP contribution in [0.4, 0.5) is 0 Å². The zero-order valence-corrected chi connectivity index (χ0v) is 13.1. The van der Waals surface area contributed by atoms with E-state index in [9.17, 15) is 10.1 Å². The second-order valence-electron chi connectivity index (χ2n) is 5.99. The van der Waals surface area contributed by atoms with Gasteiger partial charge in [-0.15, -0.1) is 5.10 Å². The molecule has 2 aliphatic carbocycles. The maximum Gasteiger partial charge on any atom is 0.344 e. The van der Waals surface area contributed by atoms with E-state index in [1.54, 1.807) is 4.57 Å². The summed E-state index contributed by atoms with van der Waals surface area (Å²) < 4.78 is 1.75. The lowest BCUT2D eigenvalue weighted by Crippen LogP contribution is -2.48. The molecule has 1 heterocycles. The van der Waals surface area contributed by atoms with Crippen LogP contribution in [0.2, 0.25) is 0 Å². The molecule has 6 nitrogen and oxygen atoms in total. The van der Waals surface area contributed by atoms with Crippen molar-refractivity contribution in [1.29, 1.82) is 5.26 Å². The highest BCUT2D eigenvalue weighted by Gasteiger charge is 2.45. The molecule has 1 aromatic rings. The average molecular weight is 307 g/mol. The van der Waals surface area contributed by atoms with Gasteiger partial charge in [-0.2, -0.15) is 5.26 Å². The van der Waals surface area contributed by atoms with Gasteiger partial charge in [0.15, 0.2) is 5.16 Å². The Bertz CT molecular complexity index is 595. The monoisotopic (exact) mass is 307 g/mol. The Labute approximate surface area is 128 Å². The van der Waals surface area contributed by atoms with Gasteiger partial charge in [0, 0.05) is 11.8 Å². The first-order valence-electron chi connectivity index (χ1n) is 7.66. The number of thioether (sulfide) groups is 1. The molecule has 1 unspecified atom stereocenters. The molecule has 114 valence electrons. The van der Waals surface area contributed by atoms with E-state index in [1.807, 2.05) is 0 Å². The summed E-state index contributed by atoms with van der Waals surface area (Å²) in [5, 5.41) is 20.5. The minimum atomic E-state index is -0.482. The van der Waals surface area contributed by atoms with Gasteiger partial charge in [-0.05, 0) is 44.6 Å². The first-order valence-corrected chi connectivity index (χ1v) is 8.64. The quantitative estimate of drug-likeness (QED) is 0.713. The number of H-pyrrole nitrogens is 1. The molecular formula is C14H21N5OS. The molecule has 0 amide bonds. The maximum atomic E-state index is 11.8. The van der Waals surface area contributed by atoms with Crippen molar-refractivity contribution in [3.05, 3.63) is 10.5 Å². The lowest BCUT2D eigenvalue weighted by atomic mass is 9.97. The highest BCUT2D eigenvalue weighted by Crippen LogP contribution is 2.43. The van der Waals surface area contributed by atoms with Crippen LogP contribution in [0.1, 0.15) is 45.1 Å². The molecule has 1 atom stereocenters. The van der Waals surface area contributed by atoms with Gasteiger partial charge in [0.25, 0.3) is 0 Å². The number of rotatable bonds is 8. The van der Waals surface area contributed by atoms with Crippen LogP contribution in [0, 0.1) is 17.2 Å². The first-order chi connectivity index (χ1) is 10.2. The molecule has 0 spiro atoms. The molecule has 2 aliphatic rings. The Kier molecular flexibility index (Phi) is 4.09. The van der Waals surface area contributed by atoms with Crippen LogP contribution >= 0.6 is 11.8 Å². The number of nitriles is 1. The van der Waals surface area contributed by atoms with Crippen LogP contribution in [0.3, 0.4) is 0 Å². The highest BCUT2D eigenvalue weighted by atomic mass is 32.2. The van der Waals surface area contributed by atoms with Crippen LogP contribution in [-0.4, -0.2) is 32.6 Å². The fourth-order valence-electron chi connectivity index (χ4n) is 2.63. The standard InChI is InChI=1S/C14H21N5OS/c1-2-7-16-14(8-15,10-3-4-10)9-21-13-18-17-12(20)19(13)11-5-6-11/h10-11,16H,2-7,9H2,1H3,(H,17,20). The molecule has 0 radical (unpaired) electrons. The fraction of sp³-hybridized carbons (Fsp3) is 0.786. The van der Waals surface area contributed by atoms with E-state index in [1.165, 1.54) is 11.8 Å². The van der Waals surface area contributed by atoms with E-state index in [2.05, 4.69) is 28.5 Å². The number of hydrogen-bond acceptors (Lipinski definition) is 5. The van der Waals surface area contributed by atoms with Crippen molar-refractivity contribution in [3.63, 3.8) is 0 Å². The summed E-state index contributed by atoms with van der Waals surface area (Å²) in [4.78, 5) is 11.8. The highest BCUT2D eigenvalue weighted by molar-refractivity contribution is 7.99. The molecule has 0 aliphatic heterocycles. The normalized spacial score (nSPS) is 21.0. The van der Waals surface area contributed by atoms with E-state index in [-0.39, 0.29) is 5.69 Å². The summed E-state index contributed by atoms with van der Waals surface area (Å²) in [6, 6.07) is 2.80. The Balaban J connectivity index is 1.72. The third-order valence-electron chi connectivity index (χ3n) is 4.18. The minimum Gasteiger partial charge on any atom is -0.298 e. The summed E-state index contributed by atoms with van der Waals surface area (Å²) in [7, 11) is 0. The first kappa shape index (κ1) is 14.7. The number of aromatic amines is 1. The number of aromatic nitrogens is 3. The molecule has 1 aromatic heterocycles. The third-order valence-corrected chi connectivity index (χ3v) is 5.32. The minimum absolute atomic E-state index is 0.129. The van der Waals surface area contributed by atoms with Crippen molar-refractivity contribution >= 4 is 11.8 Å². The number of nitrogens with zero attached hydrogens (tertiary/aromatic N) is 3. The van der Waals surface area contributed by atoms with E-state index in [0.29, 0.717) is 17.7 Å². The molecule has 2 fully saturated rings. The van der Waals surface area contributed by atoms with E-state index >= 15 is 0 Å². The largest absolute Gasteiger partial charge is 0.344 e. The summed E-state index contributed by atoms with van der Waals surface area (Å²) in [5.41, 5.74) is -0.611. The van der Waals surface area contributed by atoms with Crippen molar-refractivity contribution < 1.29 is 0 Å². The summed E-state index contributed by atoms with van der Waals surface area (Å²) in [6.45, 7) is 2.95. The molecule has 3 rings (SSSR count). The van der Waals surface area contributed by atoms with Crippen LogP contribution < -0.4 is 11.0 Å². The van der Waals surface area contributed by atoms with Crippen molar-refractivity contribution in [3.8, 4) is 6.07 Å². The fourth-order valence-corrected chi connectivity index (χ4v) is 3.87. The van der Waals surface area contributed by atoms with Crippen molar-refractivity contribution in [2.45, 2.75) is 55.8 Å². The Morgan fingerprint density at radius 3 is 2.86 bits per heavy atom. The summed E-state index contributed by atoms with van der Waals surface area (Å²) >= 11 is 1.52. The van der Waals surface area contributed by atoms with Gasteiger partial charge < -0.3 is 0 Å². The zero-order chi connectivity index (χ0) is 14.9. The molecule has 21 heavy (non-hydrogen) atoms. The lowest BCUT2D eigenvalue weighted by Gasteiger charge is -2.27. The van der Waals surface area contributed by atoms with Gasteiger partial charge in [0.1, 0.15) is 5.54 Å². The van der Waals surface area contributed by atoms with Crippen molar-refractivity contribution in [2.24, 2.45) is 5.92 Å². The van der Waals surface area contributed by atoms with E-state index in [4.69, 9.17) is 0 Å². The topological polar surface area (TPSA) is 86.5 Å². The molecule has 0 bridgehead atoms. The lowest BCUT2D eigenvalue weighted by molar-refractivity contribution is 0.405. The molecule has 0 saturated heterocycles. The van der Waals surface area contributed by atoms with Crippen LogP contribution in [-0.2, 0) is 0 Å². The predicted molar refractivity (Wildman–Crippen MR) is 81.2 cm³/mol. The zero-order valence-electron chi connectivity index (χ0n) is 12.3. The molecule has 2 saturated carbocycles. The number of nitrogens with one attached hydrogen (secondary N) is 2. The Hall–Kier alpha value is -1.26. The van der Waals surface area contributed by atoms with E-state index in [0.717, 1.165) is 43.8 Å². The third kappa shape index (κ3) is 3.01. The molecule has 7 heteroatoms. The summed E-state index contributed by atoms with van der Waals surface area (Å²) in [5.74, 6) is 1.08. The van der Waals surface area contributed by atoms with E-state index < -0.39 is 5.54 Å². The van der Waals surface area contributed by atoms with Crippen molar-refractivity contribution in [1.82, 2.24) is 20.1 Å². The number of hydrogen-bond donors (Lipinski definition) is 2. The molecular weight excluding hydrogens is 286 g/mol. The van der Waals surface area contributed by atoms with Gasteiger partial charge in [0.2, 0.25) is 0 Å². The molecule has 2 N–H and O–H groups in total. The smallest absolute Gasteiger partial charge is 0.298 e. The van der Waals surface area contributed by atoms with Gasteiger partial charge in [-0.3, -0.25) is 9.88 Å². The van der Waals surface area contributed by atoms with Crippen molar-refractivity contribution in [2.75, 3.05) is 12.3 Å². The van der Waals surface area contributed by atoms with Gasteiger partial charge in [-0.25, -0.2) is 9.89 Å². The van der Waals surface area contributed by atoms with Crippen LogP contribution in [0.25, 0.3) is 0 Å². The van der Waals surface area contributed by atoms with Gasteiger partial charge in [0.05, 0.1) is 6.07 Å². The van der Waals surface area contributed by atoms with Crippen LogP contribution in [0.5, 0.6) is 0 Å². The second-order valence-corrected chi connectivity index (χ2v) is 6.93.